The van der Waals surface area contributed by atoms with Crippen LogP contribution in [0.5, 0.6) is 5.75 Å². The van der Waals surface area contributed by atoms with E-state index in [2.05, 4.69) is 33.8 Å². The highest BCUT2D eigenvalue weighted by Gasteiger charge is 2.33. The summed E-state index contributed by atoms with van der Waals surface area (Å²) in [6, 6.07) is 8.09. The zero-order valence-electron chi connectivity index (χ0n) is 20.6. The van der Waals surface area contributed by atoms with Crippen molar-refractivity contribution in [2.45, 2.75) is 69.5 Å². The molecule has 6 heteroatoms. The number of carbonyl (C=O) groups is 1. The Morgan fingerprint density at radius 2 is 2.03 bits per heavy atom. The van der Waals surface area contributed by atoms with Gasteiger partial charge in [-0.3, -0.25) is 9.78 Å². The Hall–Kier alpha value is -1.79. The van der Waals surface area contributed by atoms with Crippen molar-refractivity contribution in [1.29, 1.82) is 0 Å². The molecule has 1 aromatic carbocycles. The van der Waals surface area contributed by atoms with Crippen LogP contribution in [0.4, 0.5) is 0 Å². The van der Waals surface area contributed by atoms with Gasteiger partial charge in [-0.15, -0.1) is 0 Å². The molecule has 1 N–H and O–H groups in total. The maximum absolute atomic E-state index is 12.1. The lowest BCUT2D eigenvalue weighted by Gasteiger charge is -2.36. The molecule has 2 aromatic rings. The number of pyridine rings is 1. The number of fused-ring (bicyclic) bond motifs is 1. The van der Waals surface area contributed by atoms with Crippen LogP contribution in [0, 0.1) is 11.8 Å². The number of aliphatic carboxylic acids is 1. The van der Waals surface area contributed by atoms with Gasteiger partial charge in [-0.25, -0.2) is 0 Å². The minimum atomic E-state index is -0.620. The molecule has 2 aliphatic rings. The molecule has 2 fully saturated rings. The Morgan fingerprint density at radius 1 is 1.18 bits per heavy atom. The molecule has 2 atom stereocenters. The average molecular weight is 485 g/mol. The van der Waals surface area contributed by atoms with Gasteiger partial charge >= 0.3 is 5.97 Å². The molecule has 1 aromatic heterocycles. The van der Waals surface area contributed by atoms with Crippen LogP contribution < -0.4 is 4.74 Å². The average Bonchev–Trinajstić information content (AvgIpc) is 2.87. The first-order valence-electron chi connectivity index (χ1n) is 13.1. The van der Waals surface area contributed by atoms with Crippen LogP contribution in [0.3, 0.4) is 0 Å². The summed E-state index contributed by atoms with van der Waals surface area (Å²) >= 11 is 2.15. The number of aryl methyl sites for hydroxylation is 1. The molecule has 5 nitrogen and oxygen atoms in total. The fourth-order valence-electron chi connectivity index (χ4n) is 5.75. The predicted octanol–water partition coefficient (Wildman–Crippen LogP) is 6.04. The fourth-order valence-corrected chi connectivity index (χ4v) is 7.04. The third-order valence-electron chi connectivity index (χ3n) is 7.74. The SMILES string of the molecule is COc1ccc2nccc(CCC[C@@H]3CCN(CCCSC4CCCCC4)C[C@@H]3C(=O)O)c2c1. The Bertz CT molecular complexity index is 931. The van der Waals surface area contributed by atoms with E-state index in [0.29, 0.717) is 6.54 Å². The van der Waals surface area contributed by atoms with Gasteiger partial charge in [0, 0.05) is 23.4 Å². The van der Waals surface area contributed by atoms with Gasteiger partial charge in [-0.1, -0.05) is 19.3 Å². The van der Waals surface area contributed by atoms with Gasteiger partial charge in [0.15, 0.2) is 0 Å². The molecule has 34 heavy (non-hydrogen) atoms. The molecule has 1 saturated heterocycles. The van der Waals surface area contributed by atoms with Crippen LogP contribution in [0.15, 0.2) is 30.5 Å². The molecule has 186 valence electrons. The standard InChI is InChI=1S/C28H40N2O3S/c1-33-23-11-12-27-25(19-23)21(13-15-29-27)7-5-8-22-14-17-30(20-26(22)28(31)32)16-6-18-34-24-9-3-2-4-10-24/h11-13,15,19,22,24,26H,2-10,14,16-18,20H2,1H3,(H,31,32)/t22-,26+/m1/s1. The normalized spacial score (nSPS) is 22.1. The first kappa shape index (κ1) is 25.3. The van der Waals surface area contributed by atoms with Crippen LogP contribution >= 0.6 is 11.8 Å². The number of thioether (sulfide) groups is 1. The molecule has 0 bridgehead atoms. The van der Waals surface area contributed by atoms with Gasteiger partial charge in [0.2, 0.25) is 0 Å². The summed E-state index contributed by atoms with van der Waals surface area (Å²) in [4.78, 5) is 18.9. The lowest BCUT2D eigenvalue weighted by molar-refractivity contribution is -0.146. The molecule has 0 spiro atoms. The first-order chi connectivity index (χ1) is 16.6. The van der Waals surface area contributed by atoms with Gasteiger partial charge in [0.05, 0.1) is 18.5 Å². The second-order valence-electron chi connectivity index (χ2n) is 10.0. The van der Waals surface area contributed by atoms with Crippen molar-refractivity contribution in [3.05, 3.63) is 36.0 Å². The lowest BCUT2D eigenvalue weighted by Crippen LogP contribution is -2.44. The van der Waals surface area contributed by atoms with E-state index in [4.69, 9.17) is 4.74 Å². The quantitative estimate of drug-likeness (QED) is 0.392. The summed E-state index contributed by atoms with van der Waals surface area (Å²) in [5.41, 5.74) is 2.25. The monoisotopic (exact) mass is 484 g/mol. The Balaban J connectivity index is 1.24. The van der Waals surface area contributed by atoms with E-state index in [1.807, 2.05) is 18.3 Å². The lowest BCUT2D eigenvalue weighted by atomic mass is 9.81. The fraction of sp³-hybridized carbons (Fsp3) is 0.643. The van der Waals surface area contributed by atoms with E-state index in [-0.39, 0.29) is 11.8 Å². The van der Waals surface area contributed by atoms with Crippen LogP contribution in [-0.4, -0.2) is 58.7 Å². The number of hydrogen-bond donors (Lipinski definition) is 1. The summed E-state index contributed by atoms with van der Waals surface area (Å²) in [6.45, 7) is 2.79. The molecule has 2 heterocycles. The molecular weight excluding hydrogens is 444 g/mol. The Morgan fingerprint density at radius 3 is 2.82 bits per heavy atom. The zero-order chi connectivity index (χ0) is 23.8. The van der Waals surface area contributed by atoms with Crippen molar-refractivity contribution < 1.29 is 14.6 Å². The van der Waals surface area contributed by atoms with E-state index in [1.54, 1.807) is 7.11 Å². The number of carboxylic acid groups (broad SMARTS) is 1. The number of carboxylic acids is 1. The summed E-state index contributed by atoms with van der Waals surface area (Å²) < 4.78 is 5.39. The minimum absolute atomic E-state index is 0.242. The number of methoxy groups -OCH3 is 1. The minimum Gasteiger partial charge on any atom is -0.497 e. The van der Waals surface area contributed by atoms with Crippen molar-refractivity contribution in [2.75, 3.05) is 32.5 Å². The van der Waals surface area contributed by atoms with E-state index < -0.39 is 5.97 Å². The molecule has 0 amide bonds. The molecule has 4 rings (SSSR count). The highest BCUT2D eigenvalue weighted by atomic mass is 32.2. The second-order valence-corrected chi connectivity index (χ2v) is 11.4. The summed E-state index contributed by atoms with van der Waals surface area (Å²) in [5.74, 6) is 1.47. The predicted molar refractivity (Wildman–Crippen MR) is 141 cm³/mol. The summed E-state index contributed by atoms with van der Waals surface area (Å²) in [6.07, 6.45) is 13.9. The number of piperidine rings is 1. The van der Waals surface area contributed by atoms with Gasteiger partial charge in [0.1, 0.15) is 5.75 Å². The van der Waals surface area contributed by atoms with Crippen LogP contribution in [0.2, 0.25) is 0 Å². The highest BCUT2D eigenvalue weighted by Crippen LogP contribution is 2.31. The number of likely N-dealkylation sites (tertiary alicyclic amines) is 1. The van der Waals surface area contributed by atoms with Crippen LogP contribution in [0.25, 0.3) is 10.9 Å². The molecule has 0 unspecified atom stereocenters. The van der Waals surface area contributed by atoms with Gasteiger partial charge in [-0.05, 0) is 99.5 Å². The Kier molecular flexibility index (Phi) is 9.51. The highest BCUT2D eigenvalue weighted by molar-refractivity contribution is 7.99. The van der Waals surface area contributed by atoms with E-state index >= 15 is 0 Å². The van der Waals surface area contributed by atoms with Gasteiger partial charge < -0.3 is 14.7 Å². The number of nitrogens with zero attached hydrogens (tertiary/aromatic N) is 2. The molecule has 1 aliphatic carbocycles. The maximum Gasteiger partial charge on any atom is 0.308 e. The largest absolute Gasteiger partial charge is 0.497 e. The molecule has 1 aliphatic heterocycles. The van der Waals surface area contributed by atoms with Gasteiger partial charge in [0.25, 0.3) is 0 Å². The Labute approximate surface area is 208 Å². The van der Waals surface area contributed by atoms with Crippen LogP contribution in [-0.2, 0) is 11.2 Å². The topological polar surface area (TPSA) is 62.7 Å². The zero-order valence-corrected chi connectivity index (χ0v) is 21.4. The van der Waals surface area contributed by atoms with Crippen molar-refractivity contribution >= 4 is 28.6 Å². The number of aromatic nitrogens is 1. The molecule has 1 saturated carbocycles. The first-order valence-corrected chi connectivity index (χ1v) is 14.2. The van der Waals surface area contributed by atoms with E-state index in [0.717, 1.165) is 60.7 Å². The number of hydrogen-bond acceptors (Lipinski definition) is 5. The van der Waals surface area contributed by atoms with Crippen molar-refractivity contribution in [3.8, 4) is 5.75 Å². The number of benzene rings is 1. The van der Waals surface area contributed by atoms with Crippen molar-refractivity contribution in [3.63, 3.8) is 0 Å². The smallest absolute Gasteiger partial charge is 0.308 e. The maximum atomic E-state index is 12.1. The van der Waals surface area contributed by atoms with Crippen molar-refractivity contribution in [1.82, 2.24) is 9.88 Å². The van der Waals surface area contributed by atoms with Crippen LogP contribution in [0.1, 0.15) is 63.4 Å². The van der Waals surface area contributed by atoms with E-state index in [9.17, 15) is 9.90 Å². The van der Waals surface area contributed by atoms with E-state index in [1.165, 1.54) is 49.8 Å². The molecular formula is C28H40N2O3S. The molecule has 0 radical (unpaired) electrons. The van der Waals surface area contributed by atoms with Gasteiger partial charge in [-0.2, -0.15) is 11.8 Å². The second kappa shape index (κ2) is 12.8. The third-order valence-corrected chi connectivity index (χ3v) is 9.21. The number of rotatable bonds is 11. The summed E-state index contributed by atoms with van der Waals surface area (Å²) in [7, 11) is 1.69. The number of ether oxygens (including phenoxy) is 1. The van der Waals surface area contributed by atoms with Crippen molar-refractivity contribution in [2.24, 2.45) is 11.8 Å². The summed E-state index contributed by atoms with van der Waals surface area (Å²) in [5, 5.41) is 11.9. The third kappa shape index (κ3) is 6.88.